The second kappa shape index (κ2) is 16.3. The Balaban J connectivity index is 1.35. The van der Waals surface area contributed by atoms with Crippen LogP contribution in [-0.2, 0) is 0 Å². The molecular weight excluding hydrogens is 766 g/mol. The molecule has 63 heavy (non-hydrogen) atoms. The van der Waals surface area contributed by atoms with Gasteiger partial charge >= 0.3 is 0 Å². The van der Waals surface area contributed by atoms with E-state index in [9.17, 15) is 0 Å². The topological polar surface area (TPSA) is 38.7 Å². The van der Waals surface area contributed by atoms with Crippen molar-refractivity contribution in [1.29, 1.82) is 0 Å². The van der Waals surface area contributed by atoms with Crippen LogP contribution >= 0.6 is 11.3 Å². The van der Waals surface area contributed by atoms with Crippen LogP contribution in [0.15, 0.2) is 91.0 Å². The molecule has 0 aliphatic rings. The van der Waals surface area contributed by atoms with Crippen molar-refractivity contribution in [1.82, 2.24) is 15.0 Å². The quantitative estimate of drug-likeness (QED) is 0.160. The van der Waals surface area contributed by atoms with Crippen molar-refractivity contribution in [2.45, 2.75) is 0 Å². The summed E-state index contributed by atoms with van der Waals surface area (Å²) in [4.78, 5) is 14.3. The van der Waals surface area contributed by atoms with E-state index < -0.39 is 0 Å². The molecule has 0 spiro atoms. The van der Waals surface area contributed by atoms with Crippen LogP contribution < -0.4 is 76.5 Å². The first kappa shape index (κ1) is 43.0. The zero-order valence-electron chi connectivity index (χ0n) is 33.5. The lowest BCUT2D eigenvalue weighted by molar-refractivity contribution is 1.08. The van der Waals surface area contributed by atoms with Gasteiger partial charge in [-0.2, -0.15) is 0 Å². The molecule has 2 heterocycles. The Bertz CT molecular complexity index is 3250. The normalized spacial score (nSPS) is 11.4. The smallest absolute Gasteiger partial charge is 0.162 e. The van der Waals surface area contributed by atoms with Crippen LogP contribution in [-0.4, -0.2) is 125 Å². The largest absolute Gasteiger partial charge is 0.208 e. The summed E-state index contributed by atoms with van der Waals surface area (Å²) in [6.07, 6.45) is 0. The summed E-state index contributed by atoms with van der Waals surface area (Å²) in [6, 6.07) is 30.8. The Hall–Kier alpha value is -5.32. The van der Waals surface area contributed by atoms with Gasteiger partial charge in [0.05, 0.1) is 0 Å². The fraction of sp³-hybridized carbons (Fsp3) is 0. The fourth-order valence-electron chi connectivity index (χ4n) is 7.98. The zero-order valence-corrected chi connectivity index (χ0v) is 34.3. The summed E-state index contributed by atoms with van der Waals surface area (Å²) in [5.41, 5.74) is 5.15. The van der Waals surface area contributed by atoms with E-state index in [1.54, 1.807) is 11.3 Å². The third-order valence-electron chi connectivity index (χ3n) is 11.4. The van der Waals surface area contributed by atoms with Gasteiger partial charge in [-0.1, -0.05) is 117 Å². The monoisotopic (exact) mass is 783 g/mol. The van der Waals surface area contributed by atoms with E-state index in [0.29, 0.717) is 11.1 Å². The molecule has 3 nitrogen and oxygen atoms in total. The fourth-order valence-corrected chi connectivity index (χ4v) is 9.32. The highest BCUT2D eigenvalue weighted by molar-refractivity contribution is 7.27. The van der Waals surface area contributed by atoms with Gasteiger partial charge < -0.3 is 0 Å². The van der Waals surface area contributed by atoms with Crippen molar-refractivity contribution < 1.29 is 0 Å². The lowest BCUT2D eigenvalue weighted by Crippen LogP contribution is -2.55. The lowest BCUT2D eigenvalue weighted by Gasteiger charge is -2.25. The van der Waals surface area contributed by atoms with E-state index in [0.717, 1.165) is 42.4 Å². The molecule has 0 N–H and O–H groups in total. The summed E-state index contributed by atoms with van der Waals surface area (Å²) >= 11 is 1.60. The van der Waals surface area contributed by atoms with Gasteiger partial charge in [0, 0.05) is 42.4 Å². The predicted octanol–water partition coefficient (Wildman–Crippen LogP) is -4.65. The number of fused-ring (bicyclic) bond motifs is 3. The maximum Gasteiger partial charge on any atom is 0.162 e. The maximum atomic E-state index is 7.23. The van der Waals surface area contributed by atoms with Crippen molar-refractivity contribution in [3.05, 3.63) is 91.0 Å². The molecule has 258 valence electrons. The standard InChI is InChI=1S/C45H15B14N3S/c46-27-23(20-13-7-12-19-22-15-18(16-8-3-1-4-9-16)14-21(42(22)63-41(19)20)17-10-5-2-6-11-17)28(47)34(53)29(48)24(27)43-60-44(25-30(49)35(54)39(58)36(55)31(25)50)62-45(61-43)26-32(51)37(56)40(59)38(57)33(26)52/h1-15H. The van der Waals surface area contributed by atoms with Crippen LogP contribution in [0.1, 0.15) is 0 Å². The number of hydrogen-bond acceptors (Lipinski definition) is 4. The summed E-state index contributed by atoms with van der Waals surface area (Å²) in [5.74, 6) is -0.386. The summed E-state index contributed by atoms with van der Waals surface area (Å²) in [7, 11) is 91.4. The molecule has 9 aromatic rings. The molecule has 0 bridgehead atoms. The van der Waals surface area contributed by atoms with E-state index >= 15 is 0 Å². The van der Waals surface area contributed by atoms with Crippen molar-refractivity contribution in [3.63, 3.8) is 0 Å². The molecule has 18 heteroatoms. The molecular formula is C45H15B14N3S. The number of thiophene rings is 1. The molecule has 0 atom stereocenters. The highest BCUT2D eigenvalue weighted by Gasteiger charge is 2.25. The van der Waals surface area contributed by atoms with E-state index in [1.807, 2.05) is 48.5 Å². The van der Waals surface area contributed by atoms with Gasteiger partial charge in [-0.3, -0.25) is 0 Å². The van der Waals surface area contributed by atoms with Crippen LogP contribution in [0.4, 0.5) is 0 Å². The highest BCUT2D eigenvalue weighted by Crippen LogP contribution is 2.45. The SMILES string of the molecule is [B]c1c([B])c([B])c(-c2nc(-c3c([B])c([B])c([B])c([B])c3[B])nc(-c3c([B])c([B])c([B])c(-c4cccc5c4sc4c(-c6ccccc6)cc(-c6ccccc6)cc45)c3[B])n2)c([B])c1[B]. The first-order valence-corrected chi connectivity index (χ1v) is 20.1. The molecule has 7 aromatic carbocycles. The Morgan fingerprint density at radius 2 is 0.667 bits per heavy atom. The maximum absolute atomic E-state index is 7.23. The number of hydrogen-bond donors (Lipinski definition) is 0. The van der Waals surface area contributed by atoms with Gasteiger partial charge in [-0.15, -0.1) is 49.6 Å². The Morgan fingerprint density at radius 3 is 1.14 bits per heavy atom. The minimum absolute atomic E-state index is 0.0205. The van der Waals surface area contributed by atoms with E-state index in [-0.39, 0.29) is 111 Å². The van der Waals surface area contributed by atoms with Crippen molar-refractivity contribution in [2.24, 2.45) is 0 Å². The van der Waals surface area contributed by atoms with Crippen LogP contribution in [0.25, 0.3) is 87.7 Å². The average Bonchev–Trinajstić information content (AvgIpc) is 3.68. The molecule has 0 saturated carbocycles. The molecule has 0 unspecified atom stereocenters. The molecule has 9 rings (SSSR count). The predicted molar refractivity (Wildman–Crippen MR) is 281 cm³/mol. The first-order chi connectivity index (χ1) is 30.1. The Morgan fingerprint density at radius 1 is 0.286 bits per heavy atom. The van der Waals surface area contributed by atoms with Gasteiger partial charge in [0.1, 0.15) is 110 Å². The number of benzene rings is 7. The summed E-state index contributed by atoms with van der Waals surface area (Å²) in [6.45, 7) is 0. The van der Waals surface area contributed by atoms with Crippen LogP contribution in [0.2, 0.25) is 0 Å². The minimum Gasteiger partial charge on any atom is -0.208 e. The second-order valence-corrected chi connectivity index (χ2v) is 16.0. The van der Waals surface area contributed by atoms with Gasteiger partial charge in [0.15, 0.2) is 17.5 Å². The highest BCUT2D eigenvalue weighted by atomic mass is 32.1. The van der Waals surface area contributed by atoms with E-state index in [2.05, 4.69) is 42.5 Å². The number of nitrogens with zero attached hydrogens (tertiary/aromatic N) is 3. The molecule has 2 aromatic heterocycles. The molecule has 0 aliphatic heterocycles. The molecule has 0 aliphatic carbocycles. The number of aromatic nitrogens is 3. The zero-order chi connectivity index (χ0) is 44.8. The minimum atomic E-state index is -0.138. The third-order valence-corrected chi connectivity index (χ3v) is 12.7. The molecule has 0 amide bonds. The van der Waals surface area contributed by atoms with Crippen LogP contribution in [0, 0.1) is 0 Å². The van der Waals surface area contributed by atoms with Crippen LogP contribution in [0.5, 0.6) is 0 Å². The Kier molecular flexibility index (Phi) is 11.1. The van der Waals surface area contributed by atoms with Gasteiger partial charge in [0.25, 0.3) is 0 Å². The van der Waals surface area contributed by atoms with Crippen molar-refractivity contribution in [3.8, 4) is 67.5 Å². The summed E-state index contributed by atoms with van der Waals surface area (Å²) in [5, 5.41) is 2.01. The van der Waals surface area contributed by atoms with Gasteiger partial charge in [0.2, 0.25) is 0 Å². The number of rotatable bonds is 6. The molecule has 0 fully saturated rings. The average molecular weight is 781 g/mol. The first-order valence-electron chi connectivity index (χ1n) is 19.3. The van der Waals surface area contributed by atoms with E-state index in [4.69, 9.17) is 125 Å². The third kappa shape index (κ3) is 6.90. The van der Waals surface area contributed by atoms with Crippen molar-refractivity contribution in [2.75, 3.05) is 0 Å². The van der Waals surface area contributed by atoms with Gasteiger partial charge in [-0.05, 0) is 39.9 Å². The lowest BCUT2D eigenvalue weighted by atomic mass is 9.60. The van der Waals surface area contributed by atoms with E-state index in [1.165, 1.54) is 0 Å². The molecule has 28 radical (unpaired) electrons. The second-order valence-electron chi connectivity index (χ2n) is 15.0. The molecule has 0 saturated heterocycles. The van der Waals surface area contributed by atoms with Gasteiger partial charge in [-0.25, -0.2) is 15.0 Å². The summed E-state index contributed by atoms with van der Waals surface area (Å²) < 4.78 is 1.95. The van der Waals surface area contributed by atoms with Crippen molar-refractivity contribution >= 4 is 218 Å². The van der Waals surface area contributed by atoms with Crippen LogP contribution in [0.3, 0.4) is 0 Å². The Labute approximate surface area is 389 Å².